The fourth-order valence-corrected chi connectivity index (χ4v) is 2.39. The molecule has 1 fully saturated rings. The molecule has 7 heteroatoms. The highest BCUT2D eigenvalue weighted by Crippen LogP contribution is 2.23. The van der Waals surface area contributed by atoms with E-state index in [1.807, 2.05) is 0 Å². The van der Waals surface area contributed by atoms with E-state index in [2.05, 4.69) is 27.1 Å². The molecular weight excluding hydrogens is 246 g/mol. The van der Waals surface area contributed by atoms with Crippen molar-refractivity contribution in [1.29, 1.82) is 0 Å². The fourth-order valence-electron chi connectivity index (χ4n) is 2.39. The summed E-state index contributed by atoms with van der Waals surface area (Å²) >= 11 is 0. The third-order valence-electron chi connectivity index (χ3n) is 3.44. The molecule has 7 nitrogen and oxygen atoms in total. The van der Waals surface area contributed by atoms with Gasteiger partial charge < -0.3 is 15.2 Å². The summed E-state index contributed by atoms with van der Waals surface area (Å²) in [6.45, 7) is 4.84. The van der Waals surface area contributed by atoms with Crippen LogP contribution in [0.2, 0.25) is 0 Å². The second-order valence-corrected chi connectivity index (χ2v) is 4.77. The van der Waals surface area contributed by atoms with E-state index in [0.717, 1.165) is 31.1 Å². The number of benzene rings is 1. The van der Waals surface area contributed by atoms with Crippen LogP contribution in [-0.4, -0.2) is 40.6 Å². The molecule has 0 unspecified atom stereocenters. The normalized spacial score (nSPS) is 19.8. The maximum Gasteiger partial charge on any atom is 0.271 e. The number of H-pyrrole nitrogens is 1. The molecule has 0 spiro atoms. The Kier molecular flexibility index (Phi) is 2.83. The zero-order valence-electron chi connectivity index (χ0n) is 10.6. The minimum atomic E-state index is -0.395. The Morgan fingerprint density at radius 2 is 2.37 bits per heavy atom. The minimum Gasteiger partial charge on any atom is -0.337 e. The average Bonchev–Trinajstić information content (AvgIpc) is 2.81. The Labute approximate surface area is 109 Å². The summed E-state index contributed by atoms with van der Waals surface area (Å²) in [4.78, 5) is 20.2. The van der Waals surface area contributed by atoms with E-state index in [4.69, 9.17) is 0 Å². The smallest absolute Gasteiger partial charge is 0.271 e. The Balaban J connectivity index is 1.99. The van der Waals surface area contributed by atoms with E-state index in [9.17, 15) is 10.1 Å². The number of nitrogens with zero attached hydrogens (tertiary/aromatic N) is 3. The van der Waals surface area contributed by atoms with Gasteiger partial charge in [0.15, 0.2) is 0 Å². The van der Waals surface area contributed by atoms with Gasteiger partial charge in [-0.2, -0.15) is 0 Å². The molecule has 2 N–H and O–H groups in total. The second kappa shape index (κ2) is 4.51. The lowest BCUT2D eigenvalue weighted by Crippen LogP contribution is -2.50. The van der Waals surface area contributed by atoms with Crippen LogP contribution in [0.1, 0.15) is 6.92 Å². The maximum atomic E-state index is 10.8. The quantitative estimate of drug-likeness (QED) is 0.628. The average molecular weight is 261 g/mol. The first-order valence-corrected chi connectivity index (χ1v) is 6.26. The van der Waals surface area contributed by atoms with Crippen LogP contribution in [-0.2, 0) is 0 Å². The summed E-state index contributed by atoms with van der Waals surface area (Å²) in [5.41, 5.74) is 1.54. The van der Waals surface area contributed by atoms with Crippen molar-refractivity contribution in [2.24, 2.45) is 0 Å². The maximum absolute atomic E-state index is 10.8. The summed E-state index contributed by atoms with van der Waals surface area (Å²) < 4.78 is 0. The molecule has 2 aromatic rings. The standard InChI is InChI=1S/C12H15N5O2/c1-8-7-13-4-5-16(8)12-14-10-3-2-9(17(18)19)6-11(10)15-12/h2-3,6,8,13H,4-5,7H2,1H3,(H,14,15)/t8-/m0/s1. The zero-order valence-corrected chi connectivity index (χ0v) is 10.6. The summed E-state index contributed by atoms with van der Waals surface area (Å²) in [5, 5.41) is 14.1. The molecule has 1 aromatic carbocycles. The number of hydrogen-bond acceptors (Lipinski definition) is 5. The Morgan fingerprint density at radius 1 is 1.53 bits per heavy atom. The molecule has 1 atom stereocenters. The van der Waals surface area contributed by atoms with Crippen LogP contribution in [0.4, 0.5) is 11.6 Å². The molecule has 0 bridgehead atoms. The highest BCUT2D eigenvalue weighted by molar-refractivity contribution is 5.80. The van der Waals surface area contributed by atoms with Gasteiger partial charge in [0, 0.05) is 37.8 Å². The fraction of sp³-hybridized carbons (Fsp3) is 0.417. The highest BCUT2D eigenvalue weighted by Gasteiger charge is 2.21. The van der Waals surface area contributed by atoms with Crippen LogP contribution in [0, 0.1) is 10.1 Å². The van der Waals surface area contributed by atoms with Crippen LogP contribution in [0.25, 0.3) is 11.0 Å². The van der Waals surface area contributed by atoms with Gasteiger partial charge in [0.2, 0.25) is 5.95 Å². The summed E-state index contributed by atoms with van der Waals surface area (Å²) in [7, 11) is 0. The number of nitrogens with one attached hydrogen (secondary N) is 2. The highest BCUT2D eigenvalue weighted by atomic mass is 16.6. The lowest BCUT2D eigenvalue weighted by molar-refractivity contribution is -0.384. The number of anilines is 1. The van der Waals surface area contributed by atoms with Gasteiger partial charge in [-0.3, -0.25) is 10.1 Å². The van der Waals surface area contributed by atoms with Crippen molar-refractivity contribution in [1.82, 2.24) is 15.3 Å². The molecule has 0 radical (unpaired) electrons. The number of aromatic amines is 1. The van der Waals surface area contributed by atoms with Crippen LogP contribution in [0.5, 0.6) is 0 Å². The topological polar surface area (TPSA) is 87.1 Å². The predicted molar refractivity (Wildman–Crippen MR) is 72.4 cm³/mol. The van der Waals surface area contributed by atoms with E-state index >= 15 is 0 Å². The van der Waals surface area contributed by atoms with Crippen LogP contribution in [0.15, 0.2) is 18.2 Å². The Morgan fingerprint density at radius 3 is 3.11 bits per heavy atom. The van der Waals surface area contributed by atoms with Crippen LogP contribution >= 0.6 is 0 Å². The lowest BCUT2D eigenvalue weighted by Gasteiger charge is -2.33. The number of nitro groups is 1. The first-order chi connectivity index (χ1) is 9.15. The van der Waals surface area contributed by atoms with Gasteiger partial charge in [0.1, 0.15) is 0 Å². The van der Waals surface area contributed by atoms with Crippen molar-refractivity contribution in [2.75, 3.05) is 24.5 Å². The molecule has 19 heavy (non-hydrogen) atoms. The van der Waals surface area contributed by atoms with Crippen molar-refractivity contribution in [3.05, 3.63) is 28.3 Å². The number of aromatic nitrogens is 2. The third-order valence-corrected chi connectivity index (χ3v) is 3.44. The Hall–Kier alpha value is -2.15. The van der Waals surface area contributed by atoms with Crippen molar-refractivity contribution >= 4 is 22.7 Å². The Bertz CT molecular complexity index is 624. The van der Waals surface area contributed by atoms with Crippen molar-refractivity contribution in [3.63, 3.8) is 0 Å². The monoisotopic (exact) mass is 261 g/mol. The lowest BCUT2D eigenvalue weighted by atomic mass is 10.2. The minimum absolute atomic E-state index is 0.0797. The van der Waals surface area contributed by atoms with Gasteiger partial charge in [-0.15, -0.1) is 0 Å². The molecule has 0 amide bonds. The largest absolute Gasteiger partial charge is 0.337 e. The summed E-state index contributed by atoms with van der Waals surface area (Å²) in [6, 6.07) is 5.04. The number of rotatable bonds is 2. The number of non-ortho nitro benzene ring substituents is 1. The number of imidazole rings is 1. The molecule has 0 aliphatic carbocycles. The van der Waals surface area contributed by atoms with Gasteiger partial charge in [-0.05, 0) is 13.0 Å². The van der Waals surface area contributed by atoms with E-state index in [1.54, 1.807) is 6.07 Å². The van der Waals surface area contributed by atoms with Gasteiger partial charge in [-0.1, -0.05) is 0 Å². The SMILES string of the molecule is C[C@H]1CNCCN1c1nc2ccc([N+](=O)[O-])cc2[nH]1. The van der Waals surface area contributed by atoms with E-state index in [0.29, 0.717) is 11.6 Å². The molecule has 1 aliphatic heterocycles. The van der Waals surface area contributed by atoms with E-state index in [1.165, 1.54) is 12.1 Å². The number of fused-ring (bicyclic) bond motifs is 1. The molecule has 100 valence electrons. The van der Waals surface area contributed by atoms with Gasteiger partial charge >= 0.3 is 0 Å². The molecule has 1 saturated heterocycles. The second-order valence-electron chi connectivity index (χ2n) is 4.77. The number of nitro benzene ring substituents is 1. The molecule has 0 saturated carbocycles. The van der Waals surface area contributed by atoms with Crippen molar-refractivity contribution in [2.45, 2.75) is 13.0 Å². The van der Waals surface area contributed by atoms with Gasteiger partial charge in [0.05, 0.1) is 16.0 Å². The summed E-state index contributed by atoms with van der Waals surface area (Å²) in [6.07, 6.45) is 0. The summed E-state index contributed by atoms with van der Waals surface area (Å²) in [5.74, 6) is 0.782. The number of hydrogen-bond donors (Lipinski definition) is 2. The molecule has 3 rings (SSSR count). The van der Waals surface area contributed by atoms with Gasteiger partial charge in [-0.25, -0.2) is 4.98 Å². The van der Waals surface area contributed by atoms with E-state index in [-0.39, 0.29) is 5.69 Å². The van der Waals surface area contributed by atoms with Crippen molar-refractivity contribution < 1.29 is 4.92 Å². The number of piperazine rings is 1. The van der Waals surface area contributed by atoms with Crippen molar-refractivity contribution in [3.8, 4) is 0 Å². The predicted octanol–water partition coefficient (Wildman–Crippen LogP) is 1.27. The van der Waals surface area contributed by atoms with Crippen LogP contribution < -0.4 is 10.2 Å². The van der Waals surface area contributed by atoms with Crippen LogP contribution in [0.3, 0.4) is 0 Å². The van der Waals surface area contributed by atoms with Gasteiger partial charge in [0.25, 0.3) is 5.69 Å². The molecular formula is C12H15N5O2. The molecule has 1 aliphatic rings. The molecule has 1 aromatic heterocycles. The third kappa shape index (κ3) is 2.12. The zero-order chi connectivity index (χ0) is 13.4. The first kappa shape index (κ1) is 11.9. The van der Waals surface area contributed by atoms with E-state index < -0.39 is 4.92 Å². The first-order valence-electron chi connectivity index (χ1n) is 6.26. The molecule has 2 heterocycles.